The molecule has 5 nitrogen and oxygen atoms in total. The third-order valence-electron chi connectivity index (χ3n) is 2.73. The van der Waals surface area contributed by atoms with Crippen LogP contribution in [0.1, 0.15) is 5.82 Å². The highest BCUT2D eigenvalue weighted by Gasteiger charge is 2.05. The first-order valence-electron chi connectivity index (χ1n) is 5.60. The van der Waals surface area contributed by atoms with E-state index in [1.165, 1.54) is 0 Å². The van der Waals surface area contributed by atoms with Gasteiger partial charge in [-0.2, -0.15) is 0 Å². The quantitative estimate of drug-likeness (QED) is 0.666. The van der Waals surface area contributed by atoms with Gasteiger partial charge in [0, 0.05) is 20.1 Å². The Labute approximate surface area is 117 Å². The van der Waals surface area contributed by atoms with Gasteiger partial charge >= 0.3 is 0 Å². The number of rotatable bonds is 3. The molecule has 0 atom stereocenters. The molecule has 0 aliphatic rings. The molecule has 18 heavy (non-hydrogen) atoms. The normalized spacial score (nSPS) is 11.3. The zero-order valence-corrected chi connectivity index (χ0v) is 12.3. The minimum Gasteiger partial charge on any atom is -0.370 e. The number of nitrogens with two attached hydrogens (primary N) is 1. The number of aliphatic imine (C=N–C) groups is 1. The van der Waals surface area contributed by atoms with Gasteiger partial charge in [-0.15, -0.1) is 17.0 Å². The van der Waals surface area contributed by atoms with Crippen LogP contribution in [0.25, 0.3) is 11.0 Å². The van der Waals surface area contributed by atoms with Crippen molar-refractivity contribution in [1.29, 1.82) is 0 Å². The maximum atomic E-state index is 5.58. The molecule has 0 fully saturated rings. The Balaban J connectivity index is 0.00000162. The average Bonchev–Trinajstić information content (AvgIpc) is 2.66. The summed E-state index contributed by atoms with van der Waals surface area (Å²) in [6.07, 6.45) is 0. The first-order chi connectivity index (χ1) is 8.22. The Hall–Kier alpha value is -1.56. The lowest BCUT2D eigenvalue weighted by Crippen LogP contribution is -2.33. The lowest BCUT2D eigenvalue weighted by Gasteiger charge is -2.08. The van der Waals surface area contributed by atoms with Gasteiger partial charge in [-0.1, -0.05) is 12.1 Å². The first kappa shape index (κ1) is 14.5. The number of guanidine groups is 1. The number of nitrogens with zero attached hydrogens (tertiary/aromatic N) is 3. The Bertz CT molecular complexity index is 546. The summed E-state index contributed by atoms with van der Waals surface area (Å²) in [7, 11) is 1.67. The van der Waals surface area contributed by atoms with E-state index in [2.05, 4.69) is 25.9 Å². The predicted molar refractivity (Wildman–Crippen MR) is 80.3 cm³/mol. The molecule has 1 heterocycles. The molecule has 98 valence electrons. The molecule has 0 spiro atoms. The van der Waals surface area contributed by atoms with Gasteiger partial charge in [-0.25, -0.2) is 4.98 Å². The van der Waals surface area contributed by atoms with E-state index in [9.17, 15) is 0 Å². The summed E-state index contributed by atoms with van der Waals surface area (Å²) in [6, 6.07) is 8.12. The van der Waals surface area contributed by atoms with E-state index in [-0.39, 0.29) is 17.0 Å². The fourth-order valence-corrected chi connectivity index (χ4v) is 1.85. The van der Waals surface area contributed by atoms with E-state index in [0.717, 1.165) is 29.9 Å². The van der Waals surface area contributed by atoms with Gasteiger partial charge < -0.3 is 15.6 Å². The van der Waals surface area contributed by atoms with Crippen LogP contribution in [-0.4, -0.2) is 29.1 Å². The maximum absolute atomic E-state index is 5.58. The van der Waals surface area contributed by atoms with Crippen molar-refractivity contribution < 1.29 is 0 Å². The zero-order valence-electron chi connectivity index (χ0n) is 10.6. The molecule has 6 heteroatoms. The van der Waals surface area contributed by atoms with Gasteiger partial charge in [0.15, 0.2) is 5.96 Å². The summed E-state index contributed by atoms with van der Waals surface area (Å²) in [5.74, 6) is 1.48. The molecule has 0 radical (unpaired) electrons. The number of nitrogens with one attached hydrogen (secondary N) is 1. The van der Waals surface area contributed by atoms with Gasteiger partial charge in [0.25, 0.3) is 0 Å². The van der Waals surface area contributed by atoms with Crippen molar-refractivity contribution in [3.8, 4) is 0 Å². The summed E-state index contributed by atoms with van der Waals surface area (Å²) in [5, 5.41) is 3.04. The van der Waals surface area contributed by atoms with E-state index in [0.29, 0.717) is 5.96 Å². The molecular weight excluding hydrogens is 294 g/mol. The molecule has 0 bridgehead atoms. The molecule has 2 rings (SSSR count). The van der Waals surface area contributed by atoms with Crippen LogP contribution in [0.15, 0.2) is 29.3 Å². The van der Waals surface area contributed by atoms with E-state index in [1.807, 2.05) is 25.1 Å². The SMILES string of the molecule is Br.CN=C(N)NCCn1c(C)nc2ccccc21. The largest absolute Gasteiger partial charge is 0.370 e. The number of benzene rings is 1. The van der Waals surface area contributed by atoms with Crippen LogP contribution in [0.2, 0.25) is 0 Å². The van der Waals surface area contributed by atoms with Crippen molar-refractivity contribution in [2.75, 3.05) is 13.6 Å². The fraction of sp³-hybridized carbons (Fsp3) is 0.333. The second-order valence-electron chi connectivity index (χ2n) is 3.83. The van der Waals surface area contributed by atoms with Crippen LogP contribution in [0.3, 0.4) is 0 Å². The standard InChI is InChI=1S/C12H17N5.BrH/c1-9-16-10-5-3-4-6-11(10)17(9)8-7-15-12(13)14-2;/h3-6H,7-8H2,1-2H3,(H3,13,14,15);1H. The summed E-state index contributed by atoms with van der Waals surface area (Å²) >= 11 is 0. The number of aryl methyl sites for hydroxylation is 1. The van der Waals surface area contributed by atoms with Gasteiger partial charge in [0.1, 0.15) is 5.82 Å². The lowest BCUT2D eigenvalue weighted by atomic mass is 10.3. The van der Waals surface area contributed by atoms with Crippen molar-refractivity contribution in [1.82, 2.24) is 14.9 Å². The average molecular weight is 312 g/mol. The van der Waals surface area contributed by atoms with Gasteiger partial charge in [0.2, 0.25) is 0 Å². The first-order valence-corrected chi connectivity index (χ1v) is 5.60. The molecular formula is C12H18BrN5. The number of hydrogen-bond acceptors (Lipinski definition) is 2. The molecule has 0 saturated heterocycles. The highest BCUT2D eigenvalue weighted by atomic mass is 79.9. The summed E-state index contributed by atoms with van der Waals surface area (Å²) in [6.45, 7) is 3.57. The molecule has 1 aromatic carbocycles. The molecule has 0 amide bonds. The van der Waals surface area contributed by atoms with Gasteiger partial charge in [0.05, 0.1) is 11.0 Å². The summed E-state index contributed by atoms with van der Waals surface area (Å²) in [5.41, 5.74) is 7.76. The van der Waals surface area contributed by atoms with E-state index >= 15 is 0 Å². The molecule has 0 unspecified atom stereocenters. The third-order valence-corrected chi connectivity index (χ3v) is 2.73. The van der Waals surface area contributed by atoms with E-state index in [1.54, 1.807) is 7.05 Å². The van der Waals surface area contributed by atoms with Gasteiger partial charge in [-0.05, 0) is 19.1 Å². The van der Waals surface area contributed by atoms with Crippen LogP contribution >= 0.6 is 17.0 Å². The lowest BCUT2D eigenvalue weighted by molar-refractivity contribution is 0.669. The highest BCUT2D eigenvalue weighted by molar-refractivity contribution is 8.93. The third kappa shape index (κ3) is 3.01. The second kappa shape index (κ2) is 6.39. The smallest absolute Gasteiger partial charge is 0.188 e. The number of aromatic nitrogens is 2. The Morgan fingerprint density at radius 3 is 2.89 bits per heavy atom. The van der Waals surface area contributed by atoms with Crippen LogP contribution < -0.4 is 11.1 Å². The van der Waals surface area contributed by atoms with Gasteiger partial charge in [-0.3, -0.25) is 4.99 Å². The Morgan fingerprint density at radius 1 is 1.44 bits per heavy atom. The van der Waals surface area contributed by atoms with Crippen LogP contribution in [-0.2, 0) is 6.54 Å². The van der Waals surface area contributed by atoms with Crippen LogP contribution in [0.5, 0.6) is 0 Å². The molecule has 3 N–H and O–H groups in total. The zero-order chi connectivity index (χ0) is 12.3. The molecule has 1 aromatic heterocycles. The number of imidazole rings is 1. The second-order valence-corrected chi connectivity index (χ2v) is 3.83. The Kier molecular flexibility index (Phi) is 5.15. The van der Waals surface area contributed by atoms with Crippen LogP contribution in [0, 0.1) is 6.92 Å². The molecule has 0 aliphatic heterocycles. The van der Waals surface area contributed by atoms with Crippen molar-refractivity contribution >= 4 is 34.0 Å². The van der Waals surface area contributed by atoms with Crippen molar-refractivity contribution in [3.05, 3.63) is 30.1 Å². The fourth-order valence-electron chi connectivity index (χ4n) is 1.85. The monoisotopic (exact) mass is 311 g/mol. The van der Waals surface area contributed by atoms with E-state index in [4.69, 9.17) is 5.73 Å². The minimum absolute atomic E-state index is 0. The number of halogens is 1. The van der Waals surface area contributed by atoms with Crippen molar-refractivity contribution in [3.63, 3.8) is 0 Å². The summed E-state index contributed by atoms with van der Waals surface area (Å²) < 4.78 is 2.17. The van der Waals surface area contributed by atoms with Crippen LogP contribution in [0.4, 0.5) is 0 Å². The Morgan fingerprint density at radius 2 is 2.17 bits per heavy atom. The number of para-hydroxylation sites is 2. The minimum atomic E-state index is 0. The van der Waals surface area contributed by atoms with Crippen molar-refractivity contribution in [2.45, 2.75) is 13.5 Å². The number of fused-ring (bicyclic) bond motifs is 1. The predicted octanol–water partition coefficient (Wildman–Crippen LogP) is 1.46. The topological polar surface area (TPSA) is 68.2 Å². The highest BCUT2D eigenvalue weighted by Crippen LogP contribution is 2.14. The summed E-state index contributed by atoms with van der Waals surface area (Å²) in [4.78, 5) is 8.36. The maximum Gasteiger partial charge on any atom is 0.188 e. The molecule has 0 aliphatic carbocycles. The van der Waals surface area contributed by atoms with E-state index < -0.39 is 0 Å². The van der Waals surface area contributed by atoms with Crippen molar-refractivity contribution in [2.24, 2.45) is 10.7 Å². The molecule has 0 saturated carbocycles. The number of hydrogen-bond donors (Lipinski definition) is 2. The molecule has 2 aromatic rings.